The largest absolute Gasteiger partial charge is 0.0654 e. The van der Waals surface area contributed by atoms with E-state index in [4.69, 9.17) is 0 Å². The first-order chi connectivity index (χ1) is 11.5. The van der Waals surface area contributed by atoms with E-state index in [-0.39, 0.29) is 0 Å². The molecule has 2 saturated carbocycles. The average Bonchev–Trinajstić information content (AvgIpc) is 2.59. The maximum absolute atomic E-state index is 2.44. The second-order valence-corrected chi connectivity index (χ2v) is 10.00. The lowest BCUT2D eigenvalue weighted by atomic mass is 9.64. The van der Waals surface area contributed by atoms with Crippen LogP contribution in [-0.4, -0.2) is 0 Å². The fraction of sp³-hybridized carbons (Fsp3) is 1.00. The van der Waals surface area contributed by atoms with E-state index in [0.29, 0.717) is 0 Å². The highest BCUT2D eigenvalue weighted by atomic mass is 14.4. The minimum Gasteiger partial charge on any atom is -0.0654 e. The van der Waals surface area contributed by atoms with Gasteiger partial charge in [0.15, 0.2) is 0 Å². The fourth-order valence-corrected chi connectivity index (χ4v) is 5.97. The maximum Gasteiger partial charge on any atom is -0.0357 e. The van der Waals surface area contributed by atoms with Gasteiger partial charge >= 0.3 is 0 Å². The van der Waals surface area contributed by atoms with Crippen molar-refractivity contribution in [2.24, 2.45) is 41.4 Å². The van der Waals surface area contributed by atoms with E-state index >= 15 is 0 Å². The summed E-state index contributed by atoms with van der Waals surface area (Å²) in [6, 6.07) is 0. The first-order valence-electron chi connectivity index (χ1n) is 11.5. The first kappa shape index (κ1) is 20.3. The van der Waals surface area contributed by atoms with Crippen molar-refractivity contribution in [3.8, 4) is 0 Å². The summed E-state index contributed by atoms with van der Waals surface area (Å²) in [4.78, 5) is 0. The van der Waals surface area contributed by atoms with Crippen molar-refractivity contribution < 1.29 is 0 Å². The molecule has 0 atom stereocenters. The normalized spacial score (nSPS) is 33.1. The zero-order valence-corrected chi connectivity index (χ0v) is 17.5. The van der Waals surface area contributed by atoms with Gasteiger partial charge in [0.05, 0.1) is 0 Å². The van der Waals surface area contributed by atoms with Crippen molar-refractivity contribution in [1.82, 2.24) is 0 Å². The third kappa shape index (κ3) is 5.77. The smallest absolute Gasteiger partial charge is 0.0357 e. The fourth-order valence-electron chi connectivity index (χ4n) is 5.97. The number of rotatable bonds is 8. The van der Waals surface area contributed by atoms with Gasteiger partial charge in [-0.05, 0) is 99.2 Å². The lowest BCUT2D eigenvalue weighted by molar-refractivity contribution is 0.0877. The van der Waals surface area contributed by atoms with Crippen LogP contribution in [0.1, 0.15) is 112 Å². The van der Waals surface area contributed by atoms with Gasteiger partial charge in [-0.15, -0.1) is 0 Å². The van der Waals surface area contributed by atoms with Gasteiger partial charge in [0.1, 0.15) is 0 Å². The molecule has 2 aliphatic rings. The van der Waals surface area contributed by atoms with Crippen molar-refractivity contribution in [3.63, 3.8) is 0 Å². The summed E-state index contributed by atoms with van der Waals surface area (Å²) in [6.07, 6.45) is 18.1. The Labute approximate surface area is 153 Å². The predicted octanol–water partition coefficient (Wildman–Crippen LogP) is 8.11. The summed E-state index contributed by atoms with van der Waals surface area (Å²) in [5.74, 6) is 7.06. The van der Waals surface area contributed by atoms with Crippen molar-refractivity contribution in [1.29, 1.82) is 0 Å². The predicted molar refractivity (Wildman–Crippen MR) is 108 cm³/mol. The Bertz CT molecular complexity index is 285. The summed E-state index contributed by atoms with van der Waals surface area (Å²) >= 11 is 0. The van der Waals surface area contributed by atoms with E-state index in [1.165, 1.54) is 44.9 Å². The average molecular weight is 335 g/mol. The van der Waals surface area contributed by atoms with Gasteiger partial charge in [0.2, 0.25) is 0 Å². The first-order valence-corrected chi connectivity index (χ1v) is 11.5. The molecule has 0 aromatic carbocycles. The van der Waals surface area contributed by atoms with Crippen LogP contribution < -0.4 is 0 Å². The molecule has 0 nitrogen and oxygen atoms in total. The van der Waals surface area contributed by atoms with Crippen LogP contribution in [0.15, 0.2) is 0 Å². The molecule has 0 amide bonds. The summed E-state index contributed by atoms with van der Waals surface area (Å²) in [6.45, 7) is 12.1. The molecule has 0 bridgehead atoms. The van der Waals surface area contributed by atoms with E-state index in [2.05, 4.69) is 34.6 Å². The molecule has 0 N–H and O–H groups in total. The Hall–Kier alpha value is 0. The zero-order valence-electron chi connectivity index (χ0n) is 17.5. The van der Waals surface area contributed by atoms with E-state index in [0.717, 1.165) is 41.4 Å². The molecule has 24 heavy (non-hydrogen) atoms. The molecular formula is C24H46. The van der Waals surface area contributed by atoms with Crippen LogP contribution in [0.25, 0.3) is 0 Å². The van der Waals surface area contributed by atoms with Crippen LogP contribution in [-0.2, 0) is 0 Å². The quantitative estimate of drug-likeness (QED) is 0.393. The summed E-state index contributed by atoms with van der Waals surface area (Å²) < 4.78 is 0. The topological polar surface area (TPSA) is 0 Å². The van der Waals surface area contributed by atoms with Gasteiger partial charge in [0.25, 0.3) is 0 Å². The zero-order chi connectivity index (χ0) is 17.5. The van der Waals surface area contributed by atoms with E-state index in [1.807, 2.05) is 0 Å². The Balaban J connectivity index is 1.90. The molecule has 142 valence electrons. The molecule has 2 fully saturated rings. The van der Waals surface area contributed by atoms with Crippen molar-refractivity contribution in [3.05, 3.63) is 0 Å². The number of hydrogen-bond donors (Lipinski definition) is 0. The summed E-state index contributed by atoms with van der Waals surface area (Å²) in [5, 5.41) is 0. The van der Waals surface area contributed by atoms with Crippen molar-refractivity contribution in [2.75, 3.05) is 0 Å². The lowest BCUT2D eigenvalue weighted by Crippen LogP contribution is -2.31. The minimum atomic E-state index is 0.908. The molecule has 0 aromatic heterocycles. The molecule has 0 heterocycles. The van der Waals surface area contributed by atoms with Crippen LogP contribution in [0, 0.1) is 41.4 Å². The third-order valence-corrected chi connectivity index (χ3v) is 7.87. The van der Waals surface area contributed by atoms with Gasteiger partial charge in [-0.1, -0.05) is 53.9 Å². The molecule has 0 spiro atoms. The van der Waals surface area contributed by atoms with Crippen molar-refractivity contribution >= 4 is 0 Å². The monoisotopic (exact) mass is 334 g/mol. The standard InChI is InChI=1S/C24H46/c1-6-7-8-9-24(22-14-10-20(11-15-22)18(2)3)23-16-12-21(13-17-23)19(4)5/h18-24H,6-17H2,1-5H3. The molecule has 0 radical (unpaired) electrons. The molecule has 0 unspecified atom stereocenters. The maximum atomic E-state index is 2.44. The third-order valence-electron chi connectivity index (χ3n) is 7.87. The Morgan fingerprint density at radius 1 is 0.583 bits per heavy atom. The van der Waals surface area contributed by atoms with Gasteiger partial charge in [0, 0.05) is 0 Å². The molecule has 2 rings (SSSR count). The van der Waals surface area contributed by atoms with Crippen LogP contribution in [0.2, 0.25) is 0 Å². The number of unbranched alkanes of at least 4 members (excludes halogenated alkanes) is 2. The highest BCUT2D eigenvalue weighted by Crippen LogP contribution is 2.46. The Morgan fingerprint density at radius 3 is 1.29 bits per heavy atom. The molecule has 0 aliphatic heterocycles. The van der Waals surface area contributed by atoms with E-state index in [1.54, 1.807) is 32.1 Å². The van der Waals surface area contributed by atoms with Gasteiger partial charge < -0.3 is 0 Å². The Kier molecular flexibility index (Phi) is 8.65. The van der Waals surface area contributed by atoms with E-state index < -0.39 is 0 Å². The van der Waals surface area contributed by atoms with Gasteiger partial charge in [-0.25, -0.2) is 0 Å². The van der Waals surface area contributed by atoms with Gasteiger partial charge in [-0.2, -0.15) is 0 Å². The number of hydrogen-bond acceptors (Lipinski definition) is 0. The summed E-state index contributed by atoms with van der Waals surface area (Å²) in [5.41, 5.74) is 0. The van der Waals surface area contributed by atoms with Crippen LogP contribution in [0.3, 0.4) is 0 Å². The molecular weight excluding hydrogens is 288 g/mol. The highest BCUT2D eigenvalue weighted by Gasteiger charge is 2.35. The highest BCUT2D eigenvalue weighted by molar-refractivity contribution is 4.86. The van der Waals surface area contributed by atoms with Crippen LogP contribution >= 0.6 is 0 Å². The van der Waals surface area contributed by atoms with Crippen LogP contribution in [0.4, 0.5) is 0 Å². The Morgan fingerprint density at radius 2 is 0.958 bits per heavy atom. The molecule has 0 saturated heterocycles. The van der Waals surface area contributed by atoms with E-state index in [9.17, 15) is 0 Å². The lowest BCUT2D eigenvalue weighted by Gasteiger charge is -2.42. The molecule has 0 aromatic rings. The SMILES string of the molecule is CCCCCC(C1CCC(C(C)C)CC1)C1CCC(C(C)C)CC1. The molecule has 2 aliphatic carbocycles. The van der Waals surface area contributed by atoms with Gasteiger partial charge in [-0.3, -0.25) is 0 Å². The second-order valence-electron chi connectivity index (χ2n) is 10.00. The second kappa shape index (κ2) is 10.2. The van der Waals surface area contributed by atoms with Crippen LogP contribution in [0.5, 0.6) is 0 Å². The molecule has 0 heteroatoms. The minimum absolute atomic E-state index is 0.908. The summed E-state index contributed by atoms with van der Waals surface area (Å²) in [7, 11) is 0. The van der Waals surface area contributed by atoms with Crippen molar-refractivity contribution in [2.45, 2.75) is 112 Å².